The molecule has 0 aliphatic heterocycles. The summed E-state index contributed by atoms with van der Waals surface area (Å²) < 4.78 is 12.6. The highest BCUT2D eigenvalue weighted by atomic mass is 19.1. The van der Waals surface area contributed by atoms with E-state index in [1.807, 2.05) is 0 Å². The normalized spacial score (nSPS) is 11.1. The van der Waals surface area contributed by atoms with Crippen LogP contribution in [0.4, 0.5) is 4.39 Å². The van der Waals surface area contributed by atoms with Crippen LogP contribution in [-0.2, 0) is 6.54 Å². The average molecular weight is 240 g/mol. The number of rotatable bonds is 5. The van der Waals surface area contributed by atoms with E-state index in [0.29, 0.717) is 12.4 Å². The van der Waals surface area contributed by atoms with Gasteiger partial charge >= 0.3 is 0 Å². The summed E-state index contributed by atoms with van der Waals surface area (Å²) in [5.74, 6) is -0.189. The van der Waals surface area contributed by atoms with Gasteiger partial charge in [-0.1, -0.05) is 6.07 Å². The van der Waals surface area contributed by atoms with Gasteiger partial charge in [-0.25, -0.2) is 4.98 Å². The van der Waals surface area contributed by atoms with Crippen molar-refractivity contribution in [3.05, 3.63) is 52.0 Å². The van der Waals surface area contributed by atoms with Crippen molar-refractivity contribution in [2.45, 2.75) is 6.54 Å². The third-order valence-corrected chi connectivity index (χ3v) is 2.10. The summed E-state index contributed by atoms with van der Waals surface area (Å²) >= 11 is 0. The average Bonchev–Trinajstić information content (AvgIpc) is 2.28. The van der Waals surface area contributed by atoms with E-state index in [1.54, 1.807) is 25.1 Å². The van der Waals surface area contributed by atoms with Crippen LogP contribution in [0.2, 0.25) is 0 Å². The highest BCUT2D eigenvalue weighted by Crippen LogP contribution is 2.06. The van der Waals surface area contributed by atoms with E-state index in [9.17, 15) is 14.5 Å². The van der Waals surface area contributed by atoms with Crippen LogP contribution in [0.25, 0.3) is 0 Å². The van der Waals surface area contributed by atoms with Crippen LogP contribution in [0.1, 0.15) is 5.56 Å². The molecule has 0 unspecified atom stereocenters. The molecule has 0 radical (unpaired) electrons. The second-order valence-electron chi connectivity index (χ2n) is 3.39. The summed E-state index contributed by atoms with van der Waals surface area (Å²) in [5, 5.41) is 13.1. The van der Waals surface area contributed by atoms with Crippen molar-refractivity contribution in [2.24, 2.45) is 0 Å². The molecule has 7 heteroatoms. The Kier molecular flexibility index (Phi) is 4.38. The molecular weight excluding hydrogens is 227 g/mol. The first-order valence-electron chi connectivity index (χ1n) is 4.87. The van der Waals surface area contributed by atoms with Gasteiger partial charge in [0, 0.05) is 26.8 Å². The maximum Gasteiger partial charge on any atom is 0.274 e. The van der Waals surface area contributed by atoms with E-state index in [0.717, 1.165) is 11.8 Å². The van der Waals surface area contributed by atoms with Crippen molar-refractivity contribution in [3.8, 4) is 0 Å². The van der Waals surface area contributed by atoms with Crippen LogP contribution in [-0.4, -0.2) is 28.9 Å². The summed E-state index contributed by atoms with van der Waals surface area (Å²) in [7, 11) is 3.28. The number of aromatic nitrogens is 1. The van der Waals surface area contributed by atoms with Crippen LogP contribution in [0, 0.1) is 16.1 Å². The van der Waals surface area contributed by atoms with Crippen LogP contribution in [0.3, 0.4) is 0 Å². The van der Waals surface area contributed by atoms with E-state index < -0.39 is 10.9 Å². The Balaban J connectivity index is 2.73. The van der Waals surface area contributed by atoms with E-state index in [2.05, 4.69) is 10.3 Å². The number of nitrogens with one attached hydrogen (secondary N) is 1. The maximum absolute atomic E-state index is 12.6. The number of halogens is 1. The molecule has 0 aliphatic rings. The first-order chi connectivity index (χ1) is 8.02. The Morgan fingerprint density at radius 1 is 1.71 bits per heavy atom. The van der Waals surface area contributed by atoms with E-state index >= 15 is 0 Å². The van der Waals surface area contributed by atoms with Crippen molar-refractivity contribution in [1.82, 2.24) is 15.2 Å². The van der Waals surface area contributed by atoms with Gasteiger partial charge in [0.1, 0.15) is 0 Å². The van der Waals surface area contributed by atoms with Gasteiger partial charge in [-0.05, 0) is 11.6 Å². The van der Waals surface area contributed by atoms with Crippen LogP contribution < -0.4 is 5.32 Å². The fraction of sp³-hybridized carbons (Fsp3) is 0.300. The SMILES string of the molecule is CNC(=C[N+](=O)[O-])N(C)Cc1ccc(F)nc1. The molecule has 0 spiro atoms. The number of hydrogen-bond acceptors (Lipinski definition) is 5. The molecule has 0 bridgehead atoms. The monoisotopic (exact) mass is 240 g/mol. The zero-order valence-corrected chi connectivity index (χ0v) is 9.55. The molecule has 0 saturated carbocycles. The molecule has 0 amide bonds. The molecule has 1 heterocycles. The van der Waals surface area contributed by atoms with Crippen LogP contribution >= 0.6 is 0 Å². The van der Waals surface area contributed by atoms with Gasteiger partial charge in [-0.2, -0.15) is 4.39 Å². The van der Waals surface area contributed by atoms with Crippen molar-refractivity contribution < 1.29 is 9.31 Å². The van der Waals surface area contributed by atoms with Crippen molar-refractivity contribution in [2.75, 3.05) is 14.1 Å². The number of nitro groups is 1. The van der Waals surface area contributed by atoms with Gasteiger partial charge in [-0.3, -0.25) is 10.1 Å². The molecule has 1 N–H and O–H groups in total. The second-order valence-corrected chi connectivity index (χ2v) is 3.39. The molecule has 1 rings (SSSR count). The first-order valence-corrected chi connectivity index (χ1v) is 4.87. The molecule has 0 atom stereocenters. The lowest BCUT2D eigenvalue weighted by Gasteiger charge is -2.19. The predicted molar refractivity (Wildman–Crippen MR) is 59.8 cm³/mol. The lowest BCUT2D eigenvalue weighted by atomic mass is 10.3. The molecule has 1 aromatic heterocycles. The van der Waals surface area contributed by atoms with E-state index in [1.165, 1.54) is 12.3 Å². The zero-order chi connectivity index (χ0) is 12.8. The fourth-order valence-corrected chi connectivity index (χ4v) is 1.31. The van der Waals surface area contributed by atoms with Crippen molar-refractivity contribution in [3.63, 3.8) is 0 Å². The molecule has 0 aromatic carbocycles. The van der Waals surface area contributed by atoms with Gasteiger partial charge in [0.05, 0.1) is 4.92 Å². The fourth-order valence-electron chi connectivity index (χ4n) is 1.31. The summed E-state index contributed by atoms with van der Waals surface area (Å²) in [4.78, 5) is 15.0. The molecule has 0 fully saturated rings. The maximum atomic E-state index is 12.6. The molecule has 6 nitrogen and oxygen atoms in total. The van der Waals surface area contributed by atoms with Crippen LogP contribution in [0.5, 0.6) is 0 Å². The largest absolute Gasteiger partial charge is 0.370 e. The quantitative estimate of drug-likeness (QED) is 0.471. The lowest BCUT2D eigenvalue weighted by Crippen LogP contribution is -2.26. The molecule has 1 aromatic rings. The Labute approximate surface area is 97.9 Å². The molecule has 92 valence electrons. The predicted octanol–water partition coefficient (Wildman–Crippen LogP) is 0.948. The van der Waals surface area contributed by atoms with E-state index in [-0.39, 0.29) is 0 Å². The second kappa shape index (κ2) is 5.78. The molecule has 0 saturated heterocycles. The van der Waals surface area contributed by atoms with Gasteiger partial charge in [0.25, 0.3) is 6.20 Å². The van der Waals surface area contributed by atoms with Gasteiger partial charge in [-0.15, -0.1) is 0 Å². The topological polar surface area (TPSA) is 71.3 Å². The zero-order valence-electron chi connectivity index (χ0n) is 9.55. The minimum atomic E-state index is -0.550. The highest BCUT2D eigenvalue weighted by molar-refractivity contribution is 5.10. The van der Waals surface area contributed by atoms with Crippen LogP contribution in [0.15, 0.2) is 30.4 Å². The smallest absolute Gasteiger partial charge is 0.274 e. The molecular formula is C10H13FN4O2. The Hall–Kier alpha value is -2.18. The minimum absolute atomic E-state index is 0.360. The summed E-state index contributed by atoms with van der Waals surface area (Å²) in [6.45, 7) is 0.397. The van der Waals surface area contributed by atoms with Gasteiger partial charge in [0.2, 0.25) is 5.95 Å². The summed E-state index contributed by atoms with van der Waals surface area (Å²) in [5.41, 5.74) is 0.762. The van der Waals surface area contributed by atoms with Gasteiger partial charge in [0.15, 0.2) is 5.82 Å². The third kappa shape index (κ3) is 4.06. The molecule has 17 heavy (non-hydrogen) atoms. The number of nitrogens with zero attached hydrogens (tertiary/aromatic N) is 3. The van der Waals surface area contributed by atoms with Crippen molar-refractivity contribution >= 4 is 0 Å². The minimum Gasteiger partial charge on any atom is -0.370 e. The summed E-state index contributed by atoms with van der Waals surface area (Å²) in [6.07, 6.45) is 2.27. The highest BCUT2D eigenvalue weighted by Gasteiger charge is 2.08. The van der Waals surface area contributed by atoms with E-state index in [4.69, 9.17) is 0 Å². The number of pyridine rings is 1. The summed E-state index contributed by atoms with van der Waals surface area (Å²) in [6, 6.07) is 2.83. The Bertz CT molecular complexity index is 419. The third-order valence-electron chi connectivity index (χ3n) is 2.10. The first kappa shape index (κ1) is 12.9. The Morgan fingerprint density at radius 2 is 2.41 bits per heavy atom. The van der Waals surface area contributed by atoms with Gasteiger partial charge < -0.3 is 10.2 Å². The molecule has 0 aliphatic carbocycles. The lowest BCUT2D eigenvalue weighted by molar-refractivity contribution is -0.404. The van der Waals surface area contributed by atoms with Crippen molar-refractivity contribution in [1.29, 1.82) is 0 Å². The number of hydrogen-bond donors (Lipinski definition) is 1. The Morgan fingerprint density at radius 3 is 2.88 bits per heavy atom. The standard InChI is InChI=1S/C10H13FN4O2/c1-12-10(7-15(16)17)14(2)6-8-3-4-9(11)13-5-8/h3-5,7,12H,6H2,1-2H3.